The van der Waals surface area contributed by atoms with Crippen LogP contribution in [0.25, 0.3) is 0 Å². The fourth-order valence-corrected chi connectivity index (χ4v) is 5.20. The van der Waals surface area contributed by atoms with Gasteiger partial charge in [0.2, 0.25) is 5.91 Å². The van der Waals surface area contributed by atoms with E-state index in [2.05, 4.69) is 12.2 Å². The van der Waals surface area contributed by atoms with Gasteiger partial charge in [0.15, 0.2) is 0 Å². The van der Waals surface area contributed by atoms with Crippen LogP contribution in [0, 0.1) is 23.2 Å². The number of nitrogens with zero attached hydrogens (tertiary/aromatic N) is 2. The minimum atomic E-state index is -1.07. The summed E-state index contributed by atoms with van der Waals surface area (Å²) in [5.41, 5.74) is -0.0352. The number of fused-ring (bicyclic) bond motifs is 1. The molecule has 1 amide bonds. The van der Waals surface area contributed by atoms with E-state index in [1.54, 1.807) is 0 Å². The molecule has 3 aliphatic carbocycles. The second-order valence-corrected chi connectivity index (χ2v) is 8.80. The largest absolute Gasteiger partial charge is 0.375 e. The summed E-state index contributed by atoms with van der Waals surface area (Å²) >= 11 is 0. The van der Waals surface area contributed by atoms with E-state index in [9.17, 15) is 9.18 Å². The third-order valence-corrected chi connectivity index (χ3v) is 6.52. The topological polar surface area (TPSA) is 65.4 Å². The smallest absolute Gasteiger partial charge is 0.237 e. The van der Waals surface area contributed by atoms with Crippen LogP contribution in [0.4, 0.5) is 4.39 Å². The molecule has 0 aromatic heterocycles. The zero-order valence-corrected chi connectivity index (χ0v) is 14.9. The Kier molecular flexibility index (Phi) is 4.49. The van der Waals surface area contributed by atoms with Crippen LogP contribution in [0.15, 0.2) is 0 Å². The fraction of sp³-hybridized carbons (Fsp3) is 0.895. The molecule has 1 N–H and O–H groups in total. The lowest BCUT2D eigenvalue weighted by molar-refractivity contribution is -0.130. The van der Waals surface area contributed by atoms with Crippen molar-refractivity contribution in [2.75, 3.05) is 13.1 Å². The third-order valence-electron chi connectivity index (χ3n) is 6.52. The van der Waals surface area contributed by atoms with Crippen molar-refractivity contribution in [2.24, 2.45) is 11.8 Å². The van der Waals surface area contributed by atoms with Crippen LogP contribution in [-0.2, 0) is 9.53 Å². The van der Waals surface area contributed by atoms with Crippen LogP contribution in [-0.4, -0.2) is 53.9 Å². The molecule has 6 atom stereocenters. The molecule has 4 fully saturated rings. The summed E-state index contributed by atoms with van der Waals surface area (Å²) in [6, 6.07) is 1.43. The first kappa shape index (κ1) is 17.2. The van der Waals surface area contributed by atoms with Crippen molar-refractivity contribution in [3.63, 3.8) is 0 Å². The normalized spacial score (nSPS) is 43.2. The SMILES string of the molecule is CC1(NCC(=O)N2C[C@@H](F)C[C@H]2C#N)C[C@H]2CC(OC3CC3)C[C@H]2C1. The zero-order chi connectivity index (χ0) is 17.6. The minimum Gasteiger partial charge on any atom is -0.375 e. The Labute approximate surface area is 148 Å². The average molecular weight is 349 g/mol. The predicted octanol–water partition coefficient (Wildman–Crippen LogP) is 2.16. The summed E-state index contributed by atoms with van der Waals surface area (Å²) < 4.78 is 19.6. The molecule has 1 saturated heterocycles. The Morgan fingerprint density at radius 1 is 1.28 bits per heavy atom. The Morgan fingerprint density at radius 2 is 1.96 bits per heavy atom. The summed E-state index contributed by atoms with van der Waals surface area (Å²) in [7, 11) is 0. The van der Waals surface area contributed by atoms with Crippen LogP contribution in [0.2, 0.25) is 0 Å². The zero-order valence-electron chi connectivity index (χ0n) is 14.9. The lowest BCUT2D eigenvalue weighted by Crippen LogP contribution is -2.48. The maximum absolute atomic E-state index is 13.5. The number of likely N-dealkylation sites (tertiary alicyclic amines) is 1. The molecule has 4 aliphatic rings. The van der Waals surface area contributed by atoms with Crippen LogP contribution in [0.3, 0.4) is 0 Å². The minimum absolute atomic E-state index is 0.0352. The van der Waals surface area contributed by atoms with Crippen molar-refractivity contribution in [2.45, 2.75) is 81.8 Å². The van der Waals surface area contributed by atoms with Crippen molar-refractivity contribution < 1.29 is 13.9 Å². The van der Waals surface area contributed by atoms with Gasteiger partial charge in [0.1, 0.15) is 12.2 Å². The van der Waals surface area contributed by atoms with E-state index in [0.717, 1.165) is 25.7 Å². The molecule has 0 aromatic carbocycles. The summed E-state index contributed by atoms with van der Waals surface area (Å²) in [5, 5.41) is 12.5. The summed E-state index contributed by atoms with van der Waals surface area (Å²) in [6.45, 7) is 2.45. The van der Waals surface area contributed by atoms with E-state index in [0.29, 0.717) is 24.0 Å². The van der Waals surface area contributed by atoms with Crippen molar-refractivity contribution in [1.29, 1.82) is 5.26 Å². The number of nitrogens with one attached hydrogen (secondary N) is 1. The molecular formula is C19H28FN3O2. The Balaban J connectivity index is 1.26. The molecular weight excluding hydrogens is 321 g/mol. The molecule has 5 nitrogen and oxygen atoms in total. The van der Waals surface area contributed by atoms with Gasteiger partial charge in [-0.1, -0.05) is 0 Å². The number of hydrogen-bond acceptors (Lipinski definition) is 4. The molecule has 1 aliphatic heterocycles. The first-order valence-electron chi connectivity index (χ1n) is 9.69. The lowest BCUT2D eigenvalue weighted by atomic mass is 9.95. The third kappa shape index (κ3) is 3.68. The molecule has 1 heterocycles. The molecule has 138 valence electrons. The Hall–Kier alpha value is -1.19. The number of hydrogen-bond donors (Lipinski definition) is 1. The van der Waals surface area contributed by atoms with Crippen molar-refractivity contribution >= 4 is 5.91 Å². The standard InChI is InChI=1S/C19H28FN3O2/c1-19(22-10-18(24)23-11-14(20)6-15(23)9-21)7-12-4-17(5-13(12)8-19)25-16-2-3-16/h12-17,22H,2-8,10-11H2,1H3/t12-,13+,14-,15-,17?,19?/m0/s1. The molecule has 6 heteroatoms. The monoisotopic (exact) mass is 349 g/mol. The van der Waals surface area contributed by atoms with E-state index in [-0.39, 0.29) is 31.0 Å². The van der Waals surface area contributed by atoms with Crippen LogP contribution in [0.5, 0.6) is 0 Å². The van der Waals surface area contributed by atoms with Gasteiger partial charge in [-0.25, -0.2) is 4.39 Å². The molecule has 0 radical (unpaired) electrons. The fourth-order valence-electron chi connectivity index (χ4n) is 5.20. The number of carbonyl (C=O) groups excluding carboxylic acids is 1. The summed E-state index contributed by atoms with van der Waals surface area (Å²) in [6.07, 6.45) is 6.95. The second kappa shape index (κ2) is 6.51. The molecule has 0 bridgehead atoms. The molecule has 0 spiro atoms. The Bertz CT molecular complexity index is 560. The van der Waals surface area contributed by atoms with E-state index < -0.39 is 12.2 Å². The van der Waals surface area contributed by atoms with Gasteiger partial charge in [0, 0.05) is 12.0 Å². The van der Waals surface area contributed by atoms with Gasteiger partial charge in [-0.2, -0.15) is 5.26 Å². The summed E-state index contributed by atoms with van der Waals surface area (Å²) in [4.78, 5) is 13.8. The van der Waals surface area contributed by atoms with E-state index in [1.165, 1.54) is 17.7 Å². The highest BCUT2D eigenvalue weighted by Crippen LogP contribution is 2.50. The highest BCUT2D eigenvalue weighted by molar-refractivity contribution is 5.79. The number of nitriles is 1. The molecule has 4 rings (SSSR count). The first-order chi connectivity index (χ1) is 12.0. The van der Waals surface area contributed by atoms with E-state index in [1.807, 2.05) is 6.07 Å². The number of rotatable bonds is 5. The van der Waals surface area contributed by atoms with Crippen molar-refractivity contribution in [3.05, 3.63) is 0 Å². The molecule has 2 unspecified atom stereocenters. The molecule has 3 saturated carbocycles. The van der Waals surface area contributed by atoms with Gasteiger partial charge >= 0.3 is 0 Å². The van der Waals surface area contributed by atoms with Gasteiger partial charge in [-0.3, -0.25) is 4.79 Å². The van der Waals surface area contributed by atoms with Crippen LogP contribution < -0.4 is 5.32 Å². The van der Waals surface area contributed by atoms with Crippen molar-refractivity contribution in [1.82, 2.24) is 10.2 Å². The number of alkyl halides is 1. The van der Waals surface area contributed by atoms with Gasteiger partial charge in [0.05, 0.1) is 31.4 Å². The lowest BCUT2D eigenvalue weighted by Gasteiger charge is -2.29. The number of carbonyl (C=O) groups is 1. The number of halogens is 1. The predicted molar refractivity (Wildman–Crippen MR) is 90.4 cm³/mol. The molecule has 25 heavy (non-hydrogen) atoms. The van der Waals surface area contributed by atoms with E-state index >= 15 is 0 Å². The maximum atomic E-state index is 13.5. The highest BCUT2D eigenvalue weighted by Gasteiger charge is 2.48. The van der Waals surface area contributed by atoms with Crippen molar-refractivity contribution in [3.8, 4) is 6.07 Å². The number of ether oxygens (including phenoxy) is 1. The maximum Gasteiger partial charge on any atom is 0.237 e. The number of amides is 1. The molecule has 0 aromatic rings. The Morgan fingerprint density at radius 3 is 2.56 bits per heavy atom. The quantitative estimate of drug-likeness (QED) is 0.826. The second-order valence-electron chi connectivity index (χ2n) is 8.80. The highest BCUT2D eigenvalue weighted by atomic mass is 19.1. The van der Waals surface area contributed by atoms with Gasteiger partial charge in [-0.05, 0) is 57.3 Å². The van der Waals surface area contributed by atoms with Crippen LogP contribution >= 0.6 is 0 Å². The average Bonchev–Trinajstić information content (AvgIpc) is 3.06. The summed E-state index contributed by atoms with van der Waals surface area (Å²) in [5.74, 6) is 1.22. The first-order valence-corrected chi connectivity index (χ1v) is 9.69. The van der Waals surface area contributed by atoms with Gasteiger partial charge in [0.25, 0.3) is 0 Å². The van der Waals surface area contributed by atoms with E-state index in [4.69, 9.17) is 10.00 Å². The van der Waals surface area contributed by atoms with Crippen LogP contribution in [0.1, 0.15) is 51.9 Å². The van der Waals surface area contributed by atoms with Gasteiger partial charge < -0.3 is 15.0 Å². The van der Waals surface area contributed by atoms with Gasteiger partial charge in [-0.15, -0.1) is 0 Å².